The van der Waals surface area contributed by atoms with Gasteiger partial charge < -0.3 is 16.0 Å². The van der Waals surface area contributed by atoms with Crippen molar-refractivity contribution in [2.45, 2.75) is 0 Å². The Balaban J connectivity index is 2.58. The highest BCUT2D eigenvalue weighted by molar-refractivity contribution is 5.76. The van der Waals surface area contributed by atoms with E-state index in [9.17, 15) is 0 Å². The molecule has 0 spiro atoms. The van der Waals surface area contributed by atoms with Crippen LogP contribution in [0.25, 0.3) is 5.95 Å². The Morgan fingerprint density at radius 2 is 2.12 bits per heavy atom. The maximum Gasteiger partial charge on any atom is 0.254 e. The third-order valence-corrected chi connectivity index (χ3v) is 2.29. The maximum absolute atomic E-state index is 5.90. The zero-order chi connectivity index (χ0) is 12.4. The lowest BCUT2D eigenvalue weighted by Gasteiger charge is -2.17. The molecule has 7 nitrogen and oxygen atoms in total. The molecule has 0 fully saturated rings. The summed E-state index contributed by atoms with van der Waals surface area (Å²) in [6.07, 6.45) is 3.44. The van der Waals surface area contributed by atoms with Gasteiger partial charge in [-0.15, -0.1) is 0 Å². The van der Waals surface area contributed by atoms with Crippen molar-refractivity contribution in [2.24, 2.45) is 0 Å². The maximum atomic E-state index is 5.90. The number of nitrogens with zero attached hydrogens (tertiary/aromatic N) is 5. The summed E-state index contributed by atoms with van der Waals surface area (Å²) in [5.74, 6) is 1.58. The van der Waals surface area contributed by atoms with E-state index in [1.165, 1.54) is 0 Å². The number of anilines is 3. The Bertz CT molecular complexity index is 504. The molecule has 2 aromatic rings. The van der Waals surface area contributed by atoms with Crippen LogP contribution >= 0.6 is 0 Å². The SMILES string of the molecule is CNc1c(N)nc(-n2cccn2)nc1N(C)C. The van der Waals surface area contributed by atoms with Gasteiger partial charge in [-0.3, -0.25) is 0 Å². The van der Waals surface area contributed by atoms with E-state index in [0.29, 0.717) is 17.5 Å². The second-order valence-electron chi connectivity index (χ2n) is 3.70. The van der Waals surface area contributed by atoms with Crippen LogP contribution in [0.2, 0.25) is 0 Å². The molecular weight excluding hydrogens is 218 g/mol. The summed E-state index contributed by atoms with van der Waals surface area (Å²) in [5, 5.41) is 7.08. The van der Waals surface area contributed by atoms with Crippen molar-refractivity contribution in [1.82, 2.24) is 19.7 Å². The number of nitrogens with one attached hydrogen (secondary N) is 1. The lowest BCUT2D eigenvalue weighted by molar-refractivity contribution is 0.807. The van der Waals surface area contributed by atoms with Gasteiger partial charge in [-0.2, -0.15) is 15.1 Å². The minimum Gasteiger partial charge on any atom is -0.382 e. The monoisotopic (exact) mass is 233 g/mol. The van der Waals surface area contributed by atoms with Crippen molar-refractivity contribution in [2.75, 3.05) is 37.1 Å². The fourth-order valence-electron chi connectivity index (χ4n) is 1.51. The minimum absolute atomic E-state index is 0.400. The first-order chi connectivity index (χ1) is 8.13. The van der Waals surface area contributed by atoms with Crippen molar-refractivity contribution in [1.29, 1.82) is 0 Å². The van der Waals surface area contributed by atoms with E-state index in [0.717, 1.165) is 5.82 Å². The quantitative estimate of drug-likeness (QED) is 0.795. The van der Waals surface area contributed by atoms with Gasteiger partial charge in [0.2, 0.25) is 0 Å². The molecule has 0 aliphatic rings. The van der Waals surface area contributed by atoms with Crippen LogP contribution in [0.15, 0.2) is 18.5 Å². The Morgan fingerprint density at radius 1 is 1.35 bits per heavy atom. The topological polar surface area (TPSA) is 84.9 Å². The zero-order valence-electron chi connectivity index (χ0n) is 10.0. The van der Waals surface area contributed by atoms with Crippen LogP contribution in [0.1, 0.15) is 0 Å². The Kier molecular flexibility index (Phi) is 2.82. The predicted octanol–water partition coefficient (Wildman–Crippen LogP) is 0.352. The van der Waals surface area contributed by atoms with Crippen LogP contribution in [0.3, 0.4) is 0 Å². The van der Waals surface area contributed by atoms with Crippen LogP contribution < -0.4 is 16.0 Å². The molecule has 0 atom stereocenters. The summed E-state index contributed by atoms with van der Waals surface area (Å²) in [6.45, 7) is 0. The number of nitrogens with two attached hydrogens (primary N) is 1. The third kappa shape index (κ3) is 1.99. The fraction of sp³-hybridized carbons (Fsp3) is 0.300. The van der Waals surface area contributed by atoms with E-state index in [-0.39, 0.29) is 0 Å². The van der Waals surface area contributed by atoms with E-state index >= 15 is 0 Å². The first-order valence-electron chi connectivity index (χ1n) is 5.16. The average molecular weight is 233 g/mol. The van der Waals surface area contributed by atoms with Crippen molar-refractivity contribution < 1.29 is 0 Å². The first kappa shape index (κ1) is 11.2. The highest BCUT2D eigenvalue weighted by Crippen LogP contribution is 2.27. The van der Waals surface area contributed by atoms with E-state index in [1.807, 2.05) is 19.0 Å². The van der Waals surface area contributed by atoms with E-state index in [2.05, 4.69) is 20.4 Å². The summed E-state index contributed by atoms with van der Waals surface area (Å²) in [7, 11) is 5.58. The summed E-state index contributed by atoms with van der Waals surface area (Å²) in [6, 6.07) is 1.81. The van der Waals surface area contributed by atoms with Gasteiger partial charge in [0.25, 0.3) is 5.95 Å². The van der Waals surface area contributed by atoms with Gasteiger partial charge in [0.05, 0.1) is 0 Å². The van der Waals surface area contributed by atoms with Gasteiger partial charge in [0, 0.05) is 33.5 Å². The summed E-state index contributed by atoms with van der Waals surface area (Å²) >= 11 is 0. The van der Waals surface area contributed by atoms with Gasteiger partial charge in [-0.25, -0.2) is 4.68 Å². The molecular formula is C10H15N7. The Morgan fingerprint density at radius 3 is 2.65 bits per heavy atom. The van der Waals surface area contributed by atoms with Crippen molar-refractivity contribution in [3.8, 4) is 5.95 Å². The minimum atomic E-state index is 0.400. The molecule has 0 saturated carbocycles. The molecule has 2 heterocycles. The number of nitrogen functional groups attached to an aromatic ring is 1. The molecule has 2 aromatic heterocycles. The number of rotatable bonds is 3. The van der Waals surface area contributed by atoms with E-state index < -0.39 is 0 Å². The second-order valence-corrected chi connectivity index (χ2v) is 3.70. The van der Waals surface area contributed by atoms with Crippen LogP contribution in [0.4, 0.5) is 17.3 Å². The second kappa shape index (κ2) is 4.28. The van der Waals surface area contributed by atoms with Gasteiger partial charge in [-0.05, 0) is 6.07 Å². The zero-order valence-corrected chi connectivity index (χ0v) is 10.0. The molecule has 2 rings (SSSR count). The largest absolute Gasteiger partial charge is 0.382 e. The lowest BCUT2D eigenvalue weighted by atomic mass is 10.4. The third-order valence-electron chi connectivity index (χ3n) is 2.29. The summed E-state index contributed by atoms with van der Waals surface area (Å²) in [4.78, 5) is 10.5. The van der Waals surface area contributed by atoms with Crippen molar-refractivity contribution in [3.63, 3.8) is 0 Å². The first-order valence-corrected chi connectivity index (χ1v) is 5.16. The van der Waals surface area contributed by atoms with Crippen molar-refractivity contribution in [3.05, 3.63) is 18.5 Å². The molecule has 0 radical (unpaired) electrons. The van der Waals surface area contributed by atoms with E-state index in [1.54, 1.807) is 30.2 Å². The highest BCUT2D eigenvalue weighted by Gasteiger charge is 2.13. The van der Waals surface area contributed by atoms with Gasteiger partial charge >= 0.3 is 0 Å². The standard InChI is InChI=1S/C10H15N7/c1-12-7-8(11)14-10(15-9(7)16(2)3)17-6-4-5-13-17/h4-6,12H,1-3H3,(H2,11,14,15). The molecule has 17 heavy (non-hydrogen) atoms. The van der Waals surface area contributed by atoms with Gasteiger partial charge in [0.15, 0.2) is 11.6 Å². The lowest BCUT2D eigenvalue weighted by Crippen LogP contribution is -2.17. The van der Waals surface area contributed by atoms with Gasteiger partial charge in [-0.1, -0.05) is 0 Å². The molecule has 0 bridgehead atoms. The Labute approximate surface area is 99.3 Å². The molecule has 0 amide bonds. The van der Waals surface area contributed by atoms with Crippen molar-refractivity contribution >= 4 is 17.3 Å². The molecule has 0 aliphatic carbocycles. The van der Waals surface area contributed by atoms with Crippen LogP contribution in [-0.4, -0.2) is 40.9 Å². The molecule has 3 N–H and O–H groups in total. The number of hydrogen-bond donors (Lipinski definition) is 2. The van der Waals surface area contributed by atoms with Gasteiger partial charge in [0.1, 0.15) is 5.69 Å². The summed E-state index contributed by atoms with van der Waals surface area (Å²) in [5.41, 5.74) is 6.61. The average Bonchev–Trinajstić information content (AvgIpc) is 2.81. The highest BCUT2D eigenvalue weighted by atomic mass is 15.4. The normalized spacial score (nSPS) is 10.3. The van der Waals surface area contributed by atoms with E-state index in [4.69, 9.17) is 5.73 Å². The van der Waals surface area contributed by atoms with Crippen LogP contribution in [0.5, 0.6) is 0 Å². The molecule has 90 valence electrons. The van der Waals surface area contributed by atoms with Crippen LogP contribution in [0, 0.1) is 0 Å². The molecule has 0 aromatic carbocycles. The smallest absolute Gasteiger partial charge is 0.254 e. The summed E-state index contributed by atoms with van der Waals surface area (Å²) < 4.78 is 1.57. The molecule has 0 saturated heterocycles. The van der Waals surface area contributed by atoms with Crippen LogP contribution in [-0.2, 0) is 0 Å². The molecule has 7 heteroatoms. The molecule has 0 aliphatic heterocycles. The Hall–Kier alpha value is -2.31. The number of hydrogen-bond acceptors (Lipinski definition) is 6. The fourth-order valence-corrected chi connectivity index (χ4v) is 1.51. The predicted molar refractivity (Wildman–Crippen MR) is 67.4 cm³/mol. The number of aromatic nitrogens is 4. The molecule has 0 unspecified atom stereocenters.